The number of nitriles is 1. The highest BCUT2D eigenvalue weighted by Gasteiger charge is 2.38. The van der Waals surface area contributed by atoms with Gasteiger partial charge in [-0.15, -0.1) is 0 Å². The van der Waals surface area contributed by atoms with E-state index in [4.69, 9.17) is 9.47 Å². The summed E-state index contributed by atoms with van der Waals surface area (Å²) in [4.78, 5) is 16.6. The largest absolute Gasteiger partial charge is 0.497 e. The maximum absolute atomic E-state index is 13.7. The Hall–Kier alpha value is -3.18. The zero-order valence-electron chi connectivity index (χ0n) is 16.6. The highest BCUT2D eigenvalue weighted by molar-refractivity contribution is 8.03. The van der Waals surface area contributed by atoms with Gasteiger partial charge >= 0.3 is 0 Å². The summed E-state index contributed by atoms with van der Waals surface area (Å²) in [6.07, 6.45) is 0.129. The predicted octanol–water partition coefficient (Wildman–Crippen LogP) is 4.06. The standard InChI is InChI=1S/C22H20FN3O3S/c1-28-16-6-7-19(20(9-16)29-2)25-12-26-21(27)10-17(14-4-3-5-15(23)8-14)18(11-24)22(26)30-13-25/h3-9,17H,10,12-13H2,1-2H3/t17-/m0/s1. The van der Waals surface area contributed by atoms with Crippen molar-refractivity contribution in [2.45, 2.75) is 12.3 Å². The summed E-state index contributed by atoms with van der Waals surface area (Å²) in [5.41, 5.74) is 1.99. The normalized spacial score (nSPS) is 18.7. The minimum atomic E-state index is -0.431. The molecular weight excluding hydrogens is 405 g/mol. The molecule has 0 aromatic heterocycles. The number of fused-ring (bicyclic) bond motifs is 1. The summed E-state index contributed by atoms with van der Waals surface area (Å²) in [6.45, 7) is 0.310. The van der Waals surface area contributed by atoms with E-state index in [1.54, 1.807) is 37.3 Å². The molecule has 2 heterocycles. The number of amides is 1. The molecule has 2 aliphatic rings. The van der Waals surface area contributed by atoms with E-state index in [-0.39, 0.29) is 18.1 Å². The van der Waals surface area contributed by atoms with Gasteiger partial charge in [0.2, 0.25) is 5.91 Å². The monoisotopic (exact) mass is 425 g/mol. The zero-order chi connectivity index (χ0) is 21.3. The van der Waals surface area contributed by atoms with Gasteiger partial charge in [0, 0.05) is 18.4 Å². The third kappa shape index (κ3) is 3.57. The Morgan fingerprint density at radius 2 is 2.03 bits per heavy atom. The Balaban J connectivity index is 1.66. The predicted molar refractivity (Wildman–Crippen MR) is 113 cm³/mol. The van der Waals surface area contributed by atoms with Gasteiger partial charge in [0.15, 0.2) is 0 Å². The van der Waals surface area contributed by atoms with Crippen molar-refractivity contribution in [3.8, 4) is 17.6 Å². The van der Waals surface area contributed by atoms with E-state index >= 15 is 0 Å². The van der Waals surface area contributed by atoms with Crippen LogP contribution in [-0.2, 0) is 4.79 Å². The average molecular weight is 425 g/mol. The SMILES string of the molecule is COc1ccc(N2CSC3=C(C#N)[C@H](c4cccc(F)c4)CC(=O)N3C2)c(OC)c1. The fourth-order valence-corrected chi connectivity index (χ4v) is 4.93. The molecule has 0 saturated carbocycles. The number of nitrogens with zero attached hydrogens (tertiary/aromatic N) is 3. The van der Waals surface area contributed by atoms with E-state index in [2.05, 4.69) is 6.07 Å². The summed E-state index contributed by atoms with van der Waals surface area (Å²) in [5.74, 6) is 0.966. The molecule has 0 radical (unpaired) electrons. The van der Waals surface area contributed by atoms with Gasteiger partial charge in [0.1, 0.15) is 17.3 Å². The molecule has 4 rings (SSSR count). The van der Waals surface area contributed by atoms with Crippen molar-refractivity contribution in [3.05, 3.63) is 64.4 Å². The van der Waals surface area contributed by atoms with E-state index in [1.165, 1.54) is 23.9 Å². The second-order valence-electron chi connectivity index (χ2n) is 6.96. The topological polar surface area (TPSA) is 65.8 Å². The molecule has 1 atom stereocenters. The lowest BCUT2D eigenvalue weighted by Gasteiger charge is -2.42. The van der Waals surface area contributed by atoms with Gasteiger partial charge in [0.25, 0.3) is 0 Å². The van der Waals surface area contributed by atoms with Crippen molar-refractivity contribution >= 4 is 23.4 Å². The van der Waals surface area contributed by atoms with Crippen molar-refractivity contribution in [2.24, 2.45) is 0 Å². The minimum absolute atomic E-state index is 0.0945. The van der Waals surface area contributed by atoms with E-state index in [0.29, 0.717) is 40.2 Å². The number of allylic oxidation sites excluding steroid dienone is 1. The number of carbonyl (C=O) groups is 1. The van der Waals surface area contributed by atoms with Crippen LogP contribution in [0.3, 0.4) is 0 Å². The lowest BCUT2D eigenvalue weighted by atomic mass is 9.86. The van der Waals surface area contributed by atoms with Gasteiger partial charge < -0.3 is 14.4 Å². The Kier molecular flexibility index (Phi) is 5.55. The Morgan fingerprint density at radius 3 is 2.73 bits per heavy atom. The van der Waals surface area contributed by atoms with Gasteiger partial charge in [0.05, 0.1) is 49.1 Å². The van der Waals surface area contributed by atoms with Crippen LogP contribution >= 0.6 is 11.8 Å². The fraction of sp³-hybridized carbons (Fsp3) is 0.273. The van der Waals surface area contributed by atoms with Gasteiger partial charge in [-0.25, -0.2) is 4.39 Å². The number of benzene rings is 2. The number of methoxy groups -OCH3 is 2. The molecule has 0 unspecified atom stereocenters. The van der Waals surface area contributed by atoms with Crippen molar-refractivity contribution in [2.75, 3.05) is 31.7 Å². The molecule has 0 aliphatic carbocycles. The second kappa shape index (κ2) is 8.28. The van der Waals surface area contributed by atoms with Crippen LogP contribution in [0.5, 0.6) is 11.5 Å². The van der Waals surface area contributed by atoms with Crippen LogP contribution in [0.4, 0.5) is 10.1 Å². The van der Waals surface area contributed by atoms with Crippen molar-refractivity contribution in [1.82, 2.24) is 4.90 Å². The van der Waals surface area contributed by atoms with E-state index < -0.39 is 5.92 Å². The summed E-state index contributed by atoms with van der Waals surface area (Å²) >= 11 is 1.43. The van der Waals surface area contributed by atoms with Crippen LogP contribution in [-0.4, -0.2) is 37.6 Å². The number of halogens is 1. The third-order valence-corrected chi connectivity index (χ3v) is 6.43. The lowest BCUT2D eigenvalue weighted by molar-refractivity contribution is -0.129. The molecule has 2 aliphatic heterocycles. The van der Waals surface area contributed by atoms with Crippen LogP contribution in [0.2, 0.25) is 0 Å². The smallest absolute Gasteiger partial charge is 0.229 e. The molecule has 0 spiro atoms. The van der Waals surface area contributed by atoms with Crippen molar-refractivity contribution < 1.29 is 18.7 Å². The minimum Gasteiger partial charge on any atom is -0.497 e. The Labute approximate surface area is 178 Å². The first-order chi connectivity index (χ1) is 14.5. The molecule has 1 saturated heterocycles. The first kappa shape index (κ1) is 20.1. The molecule has 1 fully saturated rings. The molecule has 6 nitrogen and oxygen atoms in total. The van der Waals surface area contributed by atoms with Crippen LogP contribution in [0.1, 0.15) is 17.9 Å². The van der Waals surface area contributed by atoms with E-state index in [1.807, 2.05) is 17.0 Å². The summed E-state index contributed by atoms with van der Waals surface area (Å²) in [5, 5.41) is 10.5. The molecule has 0 N–H and O–H groups in total. The van der Waals surface area contributed by atoms with E-state index in [0.717, 1.165) is 5.69 Å². The molecule has 1 amide bonds. The summed E-state index contributed by atoms with van der Waals surface area (Å²) in [6, 6.07) is 13.9. The maximum Gasteiger partial charge on any atom is 0.229 e. The van der Waals surface area contributed by atoms with E-state index in [9.17, 15) is 14.4 Å². The number of anilines is 1. The fourth-order valence-electron chi connectivity index (χ4n) is 3.77. The maximum atomic E-state index is 13.7. The van der Waals surface area contributed by atoms with Gasteiger partial charge in [-0.1, -0.05) is 23.9 Å². The number of hydrogen-bond acceptors (Lipinski definition) is 6. The lowest BCUT2D eigenvalue weighted by Crippen LogP contribution is -2.47. The highest BCUT2D eigenvalue weighted by Crippen LogP contribution is 2.44. The first-order valence-corrected chi connectivity index (χ1v) is 10.3. The van der Waals surface area contributed by atoms with Crippen molar-refractivity contribution in [1.29, 1.82) is 5.26 Å². The molecule has 30 heavy (non-hydrogen) atoms. The zero-order valence-corrected chi connectivity index (χ0v) is 17.4. The number of ether oxygens (including phenoxy) is 2. The van der Waals surface area contributed by atoms with Crippen LogP contribution < -0.4 is 14.4 Å². The number of hydrogen-bond donors (Lipinski definition) is 0. The second-order valence-corrected chi connectivity index (χ2v) is 7.89. The quantitative estimate of drug-likeness (QED) is 0.736. The van der Waals surface area contributed by atoms with Gasteiger partial charge in [-0.05, 0) is 29.8 Å². The Morgan fingerprint density at radius 1 is 1.20 bits per heavy atom. The molecular formula is C22H20FN3O3S. The van der Waals surface area contributed by atoms with Gasteiger partial charge in [-0.2, -0.15) is 5.26 Å². The number of thioether (sulfide) groups is 1. The first-order valence-electron chi connectivity index (χ1n) is 9.35. The van der Waals surface area contributed by atoms with Crippen LogP contribution in [0.25, 0.3) is 0 Å². The molecule has 0 bridgehead atoms. The molecule has 8 heteroatoms. The van der Waals surface area contributed by atoms with Crippen molar-refractivity contribution in [3.63, 3.8) is 0 Å². The molecule has 2 aromatic carbocycles. The average Bonchev–Trinajstić information content (AvgIpc) is 2.78. The van der Waals surface area contributed by atoms with Crippen LogP contribution in [0.15, 0.2) is 53.1 Å². The molecule has 154 valence electrons. The third-order valence-electron chi connectivity index (χ3n) is 5.27. The molecule has 2 aromatic rings. The summed E-state index contributed by atoms with van der Waals surface area (Å²) < 4.78 is 24.5. The highest BCUT2D eigenvalue weighted by atomic mass is 32.2. The summed E-state index contributed by atoms with van der Waals surface area (Å²) in [7, 11) is 3.18. The number of carbonyl (C=O) groups excluding carboxylic acids is 1. The Bertz CT molecular complexity index is 1070. The number of rotatable bonds is 4. The van der Waals surface area contributed by atoms with Crippen LogP contribution in [0, 0.1) is 17.1 Å². The van der Waals surface area contributed by atoms with Gasteiger partial charge in [-0.3, -0.25) is 9.69 Å².